The van der Waals surface area contributed by atoms with Crippen molar-refractivity contribution in [3.63, 3.8) is 0 Å². The molecule has 1 aliphatic heterocycles. The van der Waals surface area contributed by atoms with Crippen LogP contribution >= 0.6 is 11.8 Å². The fourth-order valence-electron chi connectivity index (χ4n) is 3.62. The van der Waals surface area contributed by atoms with Crippen molar-refractivity contribution in [1.82, 2.24) is 0 Å². The van der Waals surface area contributed by atoms with Crippen LogP contribution in [0.3, 0.4) is 0 Å². The van der Waals surface area contributed by atoms with E-state index < -0.39 is 0 Å². The lowest BCUT2D eigenvalue weighted by molar-refractivity contribution is -0.644. The largest absolute Gasteiger partial charge is 0.494 e. The van der Waals surface area contributed by atoms with Gasteiger partial charge in [0.15, 0.2) is 6.20 Å². The maximum atomic E-state index is 5.80. The van der Waals surface area contributed by atoms with Crippen LogP contribution in [0.4, 0.5) is 5.69 Å². The van der Waals surface area contributed by atoms with Crippen LogP contribution in [0.2, 0.25) is 0 Å². The number of aryl methyl sites for hydroxylation is 2. The predicted molar refractivity (Wildman–Crippen MR) is 114 cm³/mol. The second kappa shape index (κ2) is 7.28. The summed E-state index contributed by atoms with van der Waals surface area (Å²) in [4.78, 5) is 3.66. The van der Waals surface area contributed by atoms with Crippen LogP contribution < -0.4 is 14.2 Å². The quantitative estimate of drug-likeness (QED) is 0.574. The van der Waals surface area contributed by atoms with Crippen molar-refractivity contribution in [1.29, 1.82) is 0 Å². The summed E-state index contributed by atoms with van der Waals surface area (Å²) in [5, 5.41) is 2.54. The van der Waals surface area contributed by atoms with Crippen LogP contribution in [0.1, 0.15) is 25.0 Å². The monoisotopic (exact) mass is 377 g/mol. The highest BCUT2D eigenvalue weighted by Gasteiger charge is 2.26. The summed E-state index contributed by atoms with van der Waals surface area (Å²) in [6, 6.07) is 15.2. The Morgan fingerprint density at radius 3 is 2.74 bits per heavy atom. The van der Waals surface area contributed by atoms with Gasteiger partial charge in [0.2, 0.25) is 5.52 Å². The molecular weight excluding hydrogens is 352 g/mol. The number of para-hydroxylation sites is 1. The summed E-state index contributed by atoms with van der Waals surface area (Å²) in [6.45, 7) is 7.99. The molecule has 0 bridgehead atoms. The van der Waals surface area contributed by atoms with Crippen molar-refractivity contribution in [2.45, 2.75) is 25.7 Å². The smallest absolute Gasteiger partial charge is 0.212 e. The summed E-state index contributed by atoms with van der Waals surface area (Å²) in [7, 11) is 2.09. The van der Waals surface area contributed by atoms with Gasteiger partial charge in [-0.3, -0.25) is 0 Å². The molecule has 1 aromatic heterocycles. The third-order valence-corrected chi connectivity index (χ3v) is 6.09. The van der Waals surface area contributed by atoms with E-state index in [-0.39, 0.29) is 0 Å². The Morgan fingerprint density at radius 1 is 1.15 bits per heavy atom. The Bertz CT molecular complexity index is 1040. The Balaban J connectivity index is 1.80. The van der Waals surface area contributed by atoms with Crippen molar-refractivity contribution in [3.05, 3.63) is 64.8 Å². The Morgan fingerprint density at radius 2 is 1.96 bits per heavy atom. The maximum absolute atomic E-state index is 5.80. The highest BCUT2D eigenvalue weighted by atomic mass is 32.2. The number of nitrogens with zero attached hydrogens (tertiary/aromatic N) is 2. The number of benzene rings is 2. The molecule has 0 atom stereocenters. The minimum Gasteiger partial charge on any atom is -0.494 e. The Labute approximate surface area is 165 Å². The molecule has 0 spiro atoms. The first kappa shape index (κ1) is 17.9. The van der Waals surface area contributed by atoms with E-state index in [1.54, 1.807) is 0 Å². The average molecular weight is 378 g/mol. The van der Waals surface area contributed by atoms with E-state index in [0.29, 0.717) is 6.61 Å². The Hall–Kier alpha value is -2.46. The lowest BCUT2D eigenvalue weighted by Crippen LogP contribution is -2.28. The zero-order chi connectivity index (χ0) is 19.0. The van der Waals surface area contributed by atoms with Gasteiger partial charge in [-0.2, -0.15) is 0 Å². The first-order valence-electron chi connectivity index (χ1n) is 9.44. The molecular formula is C23H25N2OS+. The number of fused-ring (bicyclic) bond motifs is 2. The number of hydrogen-bond acceptors (Lipinski definition) is 3. The second-order valence-corrected chi connectivity index (χ2v) is 7.81. The number of rotatable bonds is 4. The first-order chi connectivity index (χ1) is 13.1. The SMILES string of the molecule is CCOc1cc2c(cc1C)N(CC)/C(=C\c1cc[n+](C)c3ccccc13)S2. The molecule has 0 saturated heterocycles. The van der Waals surface area contributed by atoms with Crippen LogP contribution in [0.15, 0.2) is 58.6 Å². The van der Waals surface area contributed by atoms with Crippen LogP contribution in [-0.2, 0) is 7.05 Å². The summed E-state index contributed by atoms with van der Waals surface area (Å²) in [6.07, 6.45) is 4.45. The average Bonchev–Trinajstić information content (AvgIpc) is 3.00. The predicted octanol–water partition coefficient (Wildman–Crippen LogP) is 5.30. The summed E-state index contributed by atoms with van der Waals surface area (Å²) < 4.78 is 7.97. The molecule has 4 rings (SSSR count). The Kier molecular flexibility index (Phi) is 4.83. The molecule has 0 amide bonds. The highest BCUT2D eigenvalue weighted by Crippen LogP contribution is 2.49. The van der Waals surface area contributed by atoms with Crippen molar-refractivity contribution < 1.29 is 9.30 Å². The van der Waals surface area contributed by atoms with Gasteiger partial charge in [-0.05, 0) is 56.2 Å². The molecule has 0 radical (unpaired) electrons. The molecule has 3 aromatic rings. The molecule has 0 aliphatic carbocycles. The normalized spacial score (nSPS) is 14.8. The molecule has 3 nitrogen and oxygen atoms in total. The van der Waals surface area contributed by atoms with Gasteiger partial charge in [-0.25, -0.2) is 4.57 Å². The molecule has 4 heteroatoms. The molecule has 138 valence electrons. The fourth-order valence-corrected chi connectivity index (χ4v) is 4.81. The maximum Gasteiger partial charge on any atom is 0.212 e. The van der Waals surface area contributed by atoms with Crippen LogP contribution in [0.5, 0.6) is 5.75 Å². The van der Waals surface area contributed by atoms with Crippen molar-refractivity contribution >= 4 is 34.4 Å². The number of aromatic nitrogens is 1. The van der Waals surface area contributed by atoms with Gasteiger partial charge >= 0.3 is 0 Å². The van der Waals surface area contributed by atoms with E-state index in [0.717, 1.165) is 12.3 Å². The van der Waals surface area contributed by atoms with E-state index in [2.05, 4.69) is 85.1 Å². The highest BCUT2D eigenvalue weighted by molar-refractivity contribution is 8.03. The number of pyridine rings is 1. The standard InChI is InChI=1S/C23H25N2OS/c1-5-25-20-13-16(3)21(26-6-2)15-22(20)27-23(25)14-17-11-12-24(4)19-10-8-7-9-18(17)19/h7-15H,5-6H2,1-4H3/q+1. The number of hydrogen-bond donors (Lipinski definition) is 0. The molecule has 1 aliphatic rings. The number of ether oxygens (including phenoxy) is 1. The molecule has 0 N–H and O–H groups in total. The van der Waals surface area contributed by atoms with Gasteiger partial charge in [0, 0.05) is 23.6 Å². The van der Waals surface area contributed by atoms with Crippen molar-refractivity contribution in [2.24, 2.45) is 7.05 Å². The van der Waals surface area contributed by atoms with Gasteiger partial charge in [-0.1, -0.05) is 23.9 Å². The zero-order valence-electron chi connectivity index (χ0n) is 16.3. The molecule has 2 aromatic carbocycles. The molecule has 0 fully saturated rings. The van der Waals surface area contributed by atoms with E-state index in [9.17, 15) is 0 Å². The van der Waals surface area contributed by atoms with E-state index in [4.69, 9.17) is 4.74 Å². The summed E-state index contributed by atoms with van der Waals surface area (Å²) in [5.41, 5.74) is 4.96. The van der Waals surface area contributed by atoms with Crippen LogP contribution in [-0.4, -0.2) is 13.2 Å². The second-order valence-electron chi connectivity index (χ2n) is 6.75. The fraction of sp³-hybridized carbons (Fsp3) is 0.261. The van der Waals surface area contributed by atoms with E-state index in [1.165, 1.54) is 37.6 Å². The lowest BCUT2D eigenvalue weighted by Gasteiger charge is -2.19. The summed E-state index contributed by atoms with van der Waals surface area (Å²) in [5.74, 6) is 0.984. The molecule has 0 saturated carbocycles. The van der Waals surface area contributed by atoms with Gasteiger partial charge in [0.05, 0.1) is 22.7 Å². The minimum atomic E-state index is 0.692. The van der Waals surface area contributed by atoms with Gasteiger partial charge < -0.3 is 9.64 Å². The van der Waals surface area contributed by atoms with Gasteiger partial charge in [0.1, 0.15) is 12.8 Å². The van der Waals surface area contributed by atoms with Crippen LogP contribution in [0, 0.1) is 6.92 Å². The topological polar surface area (TPSA) is 16.4 Å². The van der Waals surface area contributed by atoms with Crippen molar-refractivity contribution in [3.8, 4) is 5.75 Å². The molecule has 0 unspecified atom stereocenters. The van der Waals surface area contributed by atoms with Gasteiger partial charge in [-0.15, -0.1) is 0 Å². The van der Waals surface area contributed by atoms with E-state index in [1.807, 2.05) is 18.7 Å². The number of thioether (sulfide) groups is 1. The third kappa shape index (κ3) is 3.19. The van der Waals surface area contributed by atoms with E-state index >= 15 is 0 Å². The molecule has 27 heavy (non-hydrogen) atoms. The first-order valence-corrected chi connectivity index (χ1v) is 10.3. The summed E-state index contributed by atoms with van der Waals surface area (Å²) >= 11 is 1.83. The van der Waals surface area contributed by atoms with Crippen LogP contribution in [0.25, 0.3) is 17.0 Å². The number of anilines is 1. The van der Waals surface area contributed by atoms with Gasteiger partial charge in [0.25, 0.3) is 0 Å². The zero-order valence-corrected chi connectivity index (χ0v) is 17.1. The minimum absolute atomic E-state index is 0.692. The van der Waals surface area contributed by atoms with Crippen molar-refractivity contribution in [2.75, 3.05) is 18.1 Å². The molecule has 2 heterocycles. The third-order valence-electron chi connectivity index (χ3n) is 5.00. The lowest BCUT2D eigenvalue weighted by atomic mass is 10.1.